The third-order valence-corrected chi connectivity index (χ3v) is 4.75. The Morgan fingerprint density at radius 3 is 2.36 bits per heavy atom. The largest absolute Gasteiger partial charge is 0.469 e. The molecular weight excluding hydrogens is 326 g/mol. The highest BCUT2D eigenvalue weighted by atomic mass is 16.6. The molecule has 0 radical (unpaired) electrons. The number of carbonyl (C=O) groups excluding carboxylic acids is 2. The van der Waals surface area contributed by atoms with E-state index in [1.807, 2.05) is 20.8 Å². The third kappa shape index (κ3) is 5.85. The van der Waals surface area contributed by atoms with Gasteiger partial charge in [0.2, 0.25) is 0 Å². The molecule has 1 saturated heterocycles. The lowest BCUT2D eigenvalue weighted by atomic mass is 9.87. The van der Waals surface area contributed by atoms with E-state index >= 15 is 0 Å². The number of carbonyl (C=O) groups is 2. The Hall–Kier alpha value is -1.34. The van der Waals surface area contributed by atoms with Crippen LogP contribution in [0.2, 0.25) is 0 Å². The number of β-amino-alcohol motifs (C(OH)–C–C–N with tert-alkyl or cyclic N) is 1. The summed E-state index contributed by atoms with van der Waals surface area (Å²) in [6.07, 6.45) is 2.77. The molecule has 0 aromatic rings. The molecule has 7 heteroatoms. The number of hydrogen-bond donors (Lipinski definition) is 1. The van der Waals surface area contributed by atoms with Crippen molar-refractivity contribution in [3.05, 3.63) is 0 Å². The van der Waals surface area contributed by atoms with Crippen molar-refractivity contribution in [1.82, 2.24) is 4.90 Å². The summed E-state index contributed by atoms with van der Waals surface area (Å²) in [5, 5.41) is 9.92. The Bertz CT molecular complexity index is 467. The number of methoxy groups -OCH3 is 1. The third-order valence-electron chi connectivity index (χ3n) is 4.75. The molecule has 1 aliphatic carbocycles. The summed E-state index contributed by atoms with van der Waals surface area (Å²) in [6, 6.07) is -0.178. The molecule has 1 aliphatic heterocycles. The number of rotatable bonds is 4. The zero-order valence-corrected chi connectivity index (χ0v) is 15.7. The fourth-order valence-electron chi connectivity index (χ4n) is 3.47. The first-order valence-electron chi connectivity index (χ1n) is 9.06. The molecule has 0 bridgehead atoms. The summed E-state index contributed by atoms with van der Waals surface area (Å²) in [7, 11) is 1.42. The highest BCUT2D eigenvalue weighted by Crippen LogP contribution is 2.28. The molecule has 2 aliphatic rings. The number of esters is 1. The van der Waals surface area contributed by atoms with E-state index in [0.29, 0.717) is 13.0 Å². The summed E-state index contributed by atoms with van der Waals surface area (Å²) in [5.74, 6) is -0.176. The van der Waals surface area contributed by atoms with Gasteiger partial charge in [0.05, 0.1) is 44.4 Å². The van der Waals surface area contributed by atoms with Gasteiger partial charge in [-0.25, -0.2) is 4.79 Å². The topological polar surface area (TPSA) is 85.3 Å². The molecule has 2 fully saturated rings. The lowest BCUT2D eigenvalue weighted by molar-refractivity contribution is -0.147. The molecule has 1 saturated carbocycles. The van der Waals surface area contributed by atoms with Gasteiger partial charge >= 0.3 is 12.1 Å². The van der Waals surface area contributed by atoms with Gasteiger partial charge in [0.1, 0.15) is 5.60 Å². The normalized spacial score (nSPS) is 30.2. The van der Waals surface area contributed by atoms with Crippen LogP contribution in [0.25, 0.3) is 0 Å². The average Bonchev–Trinajstić information content (AvgIpc) is 2.92. The molecule has 0 spiro atoms. The van der Waals surface area contributed by atoms with Crippen LogP contribution in [-0.4, -0.2) is 66.2 Å². The molecular formula is C18H31NO6. The maximum absolute atomic E-state index is 12.3. The van der Waals surface area contributed by atoms with Gasteiger partial charge in [-0.2, -0.15) is 0 Å². The molecule has 0 aromatic heterocycles. The van der Waals surface area contributed by atoms with Crippen LogP contribution >= 0.6 is 0 Å². The number of nitrogens with zero attached hydrogens (tertiary/aromatic N) is 1. The number of likely N-dealkylation sites (tertiary alicyclic amines) is 1. The first-order chi connectivity index (χ1) is 11.7. The summed E-state index contributed by atoms with van der Waals surface area (Å²) in [4.78, 5) is 25.4. The smallest absolute Gasteiger partial charge is 0.410 e. The molecule has 144 valence electrons. The van der Waals surface area contributed by atoms with E-state index < -0.39 is 17.8 Å². The van der Waals surface area contributed by atoms with Gasteiger partial charge in [-0.3, -0.25) is 4.79 Å². The van der Waals surface area contributed by atoms with E-state index in [1.165, 1.54) is 7.11 Å². The molecule has 2 rings (SSSR count). The van der Waals surface area contributed by atoms with E-state index in [9.17, 15) is 14.7 Å². The molecule has 1 heterocycles. The maximum Gasteiger partial charge on any atom is 0.410 e. The van der Waals surface area contributed by atoms with Crippen molar-refractivity contribution >= 4 is 12.1 Å². The SMILES string of the molecule is COC(=O)[C@H]1CC[C@H](OC[C@@H]2C[C@H](O)CN2C(=O)OC(C)(C)C)CC1. The number of aliphatic hydroxyl groups is 1. The molecule has 0 aromatic carbocycles. The predicted octanol–water partition coefficient (Wildman–Crippen LogP) is 2.11. The predicted molar refractivity (Wildman–Crippen MR) is 91.1 cm³/mol. The second-order valence-corrected chi connectivity index (χ2v) is 8.01. The minimum absolute atomic E-state index is 0.0311. The number of hydrogen-bond acceptors (Lipinski definition) is 6. The van der Waals surface area contributed by atoms with Crippen molar-refractivity contribution in [2.24, 2.45) is 5.92 Å². The van der Waals surface area contributed by atoms with Gasteiger partial charge in [0.15, 0.2) is 0 Å². The van der Waals surface area contributed by atoms with E-state index in [2.05, 4.69) is 0 Å². The van der Waals surface area contributed by atoms with Crippen LogP contribution in [0.5, 0.6) is 0 Å². The van der Waals surface area contributed by atoms with Gasteiger partial charge < -0.3 is 24.2 Å². The average molecular weight is 357 g/mol. The van der Waals surface area contributed by atoms with Crippen LogP contribution in [0.1, 0.15) is 52.9 Å². The fourth-order valence-corrected chi connectivity index (χ4v) is 3.47. The summed E-state index contributed by atoms with van der Waals surface area (Å²) >= 11 is 0. The molecule has 1 amide bonds. The van der Waals surface area contributed by atoms with E-state index in [4.69, 9.17) is 14.2 Å². The van der Waals surface area contributed by atoms with Gasteiger partial charge in [0, 0.05) is 0 Å². The minimum atomic E-state index is -0.567. The first-order valence-corrected chi connectivity index (χ1v) is 9.06. The quantitative estimate of drug-likeness (QED) is 0.776. The van der Waals surface area contributed by atoms with Crippen LogP contribution in [0, 0.1) is 5.92 Å². The highest BCUT2D eigenvalue weighted by molar-refractivity contribution is 5.72. The Kier molecular flexibility index (Phi) is 6.68. The Labute approximate surface area is 149 Å². The molecule has 2 atom stereocenters. The summed E-state index contributed by atoms with van der Waals surface area (Å²) in [6.45, 7) is 6.12. The van der Waals surface area contributed by atoms with E-state index in [1.54, 1.807) is 4.90 Å². The van der Waals surface area contributed by atoms with Gasteiger partial charge in [-0.15, -0.1) is 0 Å². The van der Waals surface area contributed by atoms with Crippen molar-refractivity contribution in [3.8, 4) is 0 Å². The van der Waals surface area contributed by atoms with Crippen molar-refractivity contribution in [2.45, 2.75) is 76.7 Å². The lowest BCUT2D eigenvalue weighted by Crippen LogP contribution is -2.42. The standard InChI is InChI=1S/C18H31NO6/c1-18(2,3)25-17(22)19-10-14(20)9-13(19)11-24-15-7-5-12(6-8-15)16(21)23-4/h12-15,20H,5-11H2,1-4H3/t12-,13-,14-,15-/m0/s1. The molecule has 1 N–H and O–H groups in total. The van der Waals surface area contributed by atoms with E-state index in [0.717, 1.165) is 25.7 Å². The van der Waals surface area contributed by atoms with Crippen LogP contribution in [-0.2, 0) is 19.0 Å². The molecule has 7 nitrogen and oxygen atoms in total. The monoisotopic (exact) mass is 357 g/mol. The first kappa shape index (κ1) is 20.0. The zero-order valence-electron chi connectivity index (χ0n) is 15.7. The number of aliphatic hydroxyl groups excluding tert-OH is 1. The summed E-state index contributed by atoms with van der Waals surface area (Å²) in [5.41, 5.74) is -0.567. The minimum Gasteiger partial charge on any atom is -0.469 e. The van der Waals surface area contributed by atoms with Crippen LogP contribution in [0.3, 0.4) is 0 Å². The number of ether oxygens (including phenoxy) is 3. The van der Waals surface area contributed by atoms with Crippen LogP contribution in [0.4, 0.5) is 4.79 Å². The van der Waals surface area contributed by atoms with Crippen molar-refractivity contribution < 1.29 is 28.9 Å². The Morgan fingerprint density at radius 1 is 1.16 bits per heavy atom. The maximum atomic E-state index is 12.3. The Balaban J connectivity index is 1.81. The fraction of sp³-hybridized carbons (Fsp3) is 0.889. The summed E-state index contributed by atoms with van der Waals surface area (Å²) < 4.78 is 16.2. The highest BCUT2D eigenvalue weighted by Gasteiger charge is 2.37. The Morgan fingerprint density at radius 2 is 1.80 bits per heavy atom. The van der Waals surface area contributed by atoms with Crippen LogP contribution in [0.15, 0.2) is 0 Å². The van der Waals surface area contributed by atoms with Gasteiger partial charge in [0.25, 0.3) is 0 Å². The molecule has 0 unspecified atom stereocenters. The molecule has 25 heavy (non-hydrogen) atoms. The zero-order chi connectivity index (χ0) is 18.6. The van der Waals surface area contributed by atoms with Gasteiger partial charge in [-0.1, -0.05) is 0 Å². The van der Waals surface area contributed by atoms with Gasteiger partial charge in [-0.05, 0) is 52.9 Å². The van der Waals surface area contributed by atoms with Crippen molar-refractivity contribution in [1.29, 1.82) is 0 Å². The van der Waals surface area contributed by atoms with Crippen LogP contribution < -0.4 is 0 Å². The second kappa shape index (κ2) is 8.36. The second-order valence-electron chi connectivity index (χ2n) is 8.01. The number of amides is 1. The lowest BCUT2D eigenvalue weighted by Gasteiger charge is -2.31. The van der Waals surface area contributed by atoms with E-state index in [-0.39, 0.29) is 30.6 Å². The van der Waals surface area contributed by atoms with Crippen molar-refractivity contribution in [2.75, 3.05) is 20.3 Å². The van der Waals surface area contributed by atoms with Crippen molar-refractivity contribution in [3.63, 3.8) is 0 Å².